The second kappa shape index (κ2) is 7.67. The first-order chi connectivity index (χ1) is 12.4. The van der Waals surface area contributed by atoms with Crippen LogP contribution in [0.2, 0.25) is 10.0 Å². The molecule has 0 radical (unpaired) electrons. The normalized spacial score (nSPS) is 11.2. The molecule has 3 rings (SSSR count). The number of amides is 1. The molecule has 0 saturated heterocycles. The van der Waals surface area contributed by atoms with E-state index in [1.165, 1.54) is 11.4 Å². The third-order valence-electron chi connectivity index (χ3n) is 3.35. The Morgan fingerprint density at radius 2 is 1.50 bits per heavy atom. The first-order valence-corrected chi connectivity index (χ1v) is 10.4. The van der Waals surface area contributed by atoms with Crippen LogP contribution >= 0.6 is 34.5 Å². The lowest BCUT2D eigenvalue weighted by Gasteiger charge is -2.08. The zero-order valence-electron chi connectivity index (χ0n) is 13.1. The van der Waals surface area contributed by atoms with Gasteiger partial charge in [0, 0.05) is 5.38 Å². The van der Waals surface area contributed by atoms with Crippen molar-refractivity contribution in [3.05, 3.63) is 74.9 Å². The summed E-state index contributed by atoms with van der Waals surface area (Å²) in [7, 11) is -3.86. The van der Waals surface area contributed by atoms with Gasteiger partial charge >= 0.3 is 0 Å². The van der Waals surface area contributed by atoms with Gasteiger partial charge in [0.1, 0.15) is 0 Å². The molecule has 0 spiro atoms. The zero-order chi connectivity index (χ0) is 18.7. The molecule has 0 bridgehead atoms. The standard InChI is InChI=1S/C17H12Cl2N2O3S2/c18-12-5-1-3-7-14(12)20-17(22)16-9-11(10-25-16)26(23,24)21-15-8-4-2-6-13(15)19/h1-10,21H,(H,20,22). The molecule has 0 atom stereocenters. The van der Waals surface area contributed by atoms with E-state index in [9.17, 15) is 13.2 Å². The Morgan fingerprint density at radius 3 is 2.12 bits per heavy atom. The first kappa shape index (κ1) is 18.7. The number of hydrogen-bond acceptors (Lipinski definition) is 4. The summed E-state index contributed by atoms with van der Waals surface area (Å²) in [5, 5.41) is 4.72. The molecule has 26 heavy (non-hydrogen) atoms. The minimum Gasteiger partial charge on any atom is -0.320 e. The van der Waals surface area contributed by atoms with Gasteiger partial charge in [0.15, 0.2) is 0 Å². The van der Waals surface area contributed by atoms with Crippen molar-refractivity contribution in [1.82, 2.24) is 0 Å². The number of nitrogens with one attached hydrogen (secondary N) is 2. The van der Waals surface area contributed by atoms with Gasteiger partial charge in [0.05, 0.1) is 31.2 Å². The van der Waals surface area contributed by atoms with Gasteiger partial charge in [-0.2, -0.15) is 0 Å². The quantitative estimate of drug-likeness (QED) is 0.594. The maximum absolute atomic E-state index is 12.5. The summed E-state index contributed by atoms with van der Waals surface area (Å²) in [6, 6.07) is 14.6. The molecular weight excluding hydrogens is 415 g/mol. The van der Waals surface area contributed by atoms with Gasteiger partial charge in [0.25, 0.3) is 15.9 Å². The molecule has 0 aliphatic heterocycles. The van der Waals surface area contributed by atoms with Crippen LogP contribution in [0, 0.1) is 0 Å². The molecule has 134 valence electrons. The minimum atomic E-state index is -3.86. The molecule has 1 aromatic heterocycles. The van der Waals surface area contributed by atoms with Crippen LogP contribution in [0.4, 0.5) is 11.4 Å². The fraction of sp³-hybridized carbons (Fsp3) is 0. The number of anilines is 2. The van der Waals surface area contributed by atoms with Crippen molar-refractivity contribution in [3.8, 4) is 0 Å². The van der Waals surface area contributed by atoms with E-state index in [1.807, 2.05) is 0 Å². The van der Waals surface area contributed by atoms with E-state index in [0.717, 1.165) is 11.3 Å². The van der Waals surface area contributed by atoms with Crippen LogP contribution in [0.3, 0.4) is 0 Å². The number of carbonyl (C=O) groups is 1. The number of hydrogen-bond donors (Lipinski definition) is 2. The molecule has 0 aliphatic rings. The highest BCUT2D eigenvalue weighted by Crippen LogP contribution is 2.27. The Hall–Kier alpha value is -2.06. The molecule has 1 amide bonds. The van der Waals surface area contributed by atoms with Crippen molar-refractivity contribution in [2.75, 3.05) is 10.0 Å². The van der Waals surface area contributed by atoms with E-state index in [1.54, 1.807) is 48.5 Å². The molecule has 0 aliphatic carbocycles. The number of benzene rings is 2. The Labute approximate surface area is 164 Å². The van der Waals surface area contributed by atoms with Gasteiger partial charge in [-0.15, -0.1) is 11.3 Å². The Kier molecular flexibility index (Phi) is 5.52. The zero-order valence-corrected chi connectivity index (χ0v) is 16.2. The molecular formula is C17H12Cl2N2O3S2. The van der Waals surface area contributed by atoms with Gasteiger partial charge in [-0.25, -0.2) is 8.42 Å². The smallest absolute Gasteiger partial charge is 0.265 e. The van der Waals surface area contributed by atoms with Crippen LogP contribution in [0.25, 0.3) is 0 Å². The Morgan fingerprint density at radius 1 is 0.923 bits per heavy atom. The molecule has 0 unspecified atom stereocenters. The Balaban J connectivity index is 1.79. The second-order valence-electron chi connectivity index (χ2n) is 5.17. The van der Waals surface area contributed by atoms with Crippen LogP contribution in [0.5, 0.6) is 0 Å². The van der Waals surface area contributed by atoms with Crippen LogP contribution < -0.4 is 10.0 Å². The lowest BCUT2D eigenvalue weighted by Crippen LogP contribution is -2.13. The summed E-state index contributed by atoms with van der Waals surface area (Å²) < 4.78 is 27.4. The first-order valence-electron chi connectivity index (χ1n) is 7.28. The van der Waals surface area contributed by atoms with E-state index in [4.69, 9.17) is 23.2 Å². The average molecular weight is 427 g/mol. The monoisotopic (exact) mass is 426 g/mol. The van der Waals surface area contributed by atoms with Crippen LogP contribution in [-0.2, 0) is 10.0 Å². The molecule has 3 aromatic rings. The van der Waals surface area contributed by atoms with Crippen LogP contribution in [-0.4, -0.2) is 14.3 Å². The van der Waals surface area contributed by atoms with Gasteiger partial charge in [-0.3, -0.25) is 9.52 Å². The van der Waals surface area contributed by atoms with E-state index in [-0.39, 0.29) is 20.5 Å². The highest BCUT2D eigenvalue weighted by Gasteiger charge is 2.20. The number of sulfonamides is 1. The van der Waals surface area contributed by atoms with Crippen molar-refractivity contribution in [3.63, 3.8) is 0 Å². The number of para-hydroxylation sites is 2. The van der Waals surface area contributed by atoms with Crippen molar-refractivity contribution in [2.45, 2.75) is 4.90 Å². The fourth-order valence-electron chi connectivity index (χ4n) is 2.07. The fourth-order valence-corrected chi connectivity index (χ4v) is 4.74. The number of carbonyl (C=O) groups excluding carboxylic acids is 1. The molecule has 2 N–H and O–H groups in total. The van der Waals surface area contributed by atoms with Crippen molar-refractivity contribution < 1.29 is 13.2 Å². The van der Waals surface area contributed by atoms with Gasteiger partial charge < -0.3 is 5.32 Å². The maximum Gasteiger partial charge on any atom is 0.265 e. The van der Waals surface area contributed by atoms with Gasteiger partial charge in [-0.1, -0.05) is 47.5 Å². The summed E-state index contributed by atoms with van der Waals surface area (Å²) in [5.41, 5.74) is 0.716. The minimum absolute atomic E-state index is 0.0215. The van der Waals surface area contributed by atoms with Crippen molar-refractivity contribution in [1.29, 1.82) is 0 Å². The maximum atomic E-state index is 12.5. The number of thiophene rings is 1. The lowest BCUT2D eigenvalue weighted by atomic mass is 10.3. The third kappa shape index (κ3) is 4.19. The van der Waals surface area contributed by atoms with Crippen molar-refractivity contribution in [2.24, 2.45) is 0 Å². The number of halogens is 2. The van der Waals surface area contributed by atoms with E-state index < -0.39 is 15.9 Å². The molecule has 5 nitrogen and oxygen atoms in total. The Bertz CT molecular complexity index is 1070. The molecule has 9 heteroatoms. The topological polar surface area (TPSA) is 75.3 Å². The summed E-state index contributed by atoms with van der Waals surface area (Å²) in [5.74, 6) is -0.442. The second-order valence-corrected chi connectivity index (χ2v) is 8.57. The van der Waals surface area contributed by atoms with Gasteiger partial charge in [-0.05, 0) is 30.3 Å². The predicted octanol–water partition coefficient (Wildman–Crippen LogP) is 5.11. The van der Waals surface area contributed by atoms with Crippen LogP contribution in [0.1, 0.15) is 9.67 Å². The summed E-state index contributed by atoms with van der Waals surface area (Å²) >= 11 is 13.0. The van der Waals surface area contributed by atoms with E-state index in [0.29, 0.717) is 10.7 Å². The summed E-state index contributed by atoms with van der Waals surface area (Å²) in [4.78, 5) is 12.5. The summed E-state index contributed by atoms with van der Waals surface area (Å²) in [6.07, 6.45) is 0. The van der Waals surface area contributed by atoms with E-state index >= 15 is 0 Å². The SMILES string of the molecule is O=C(Nc1ccccc1Cl)c1cc(S(=O)(=O)Nc2ccccc2Cl)cs1. The third-order valence-corrected chi connectivity index (χ3v) is 6.43. The number of rotatable bonds is 5. The van der Waals surface area contributed by atoms with Gasteiger partial charge in [0.2, 0.25) is 0 Å². The average Bonchev–Trinajstić information content (AvgIpc) is 3.10. The molecule has 0 fully saturated rings. The van der Waals surface area contributed by atoms with Crippen LogP contribution in [0.15, 0.2) is 64.9 Å². The molecule has 0 saturated carbocycles. The van der Waals surface area contributed by atoms with Crippen molar-refractivity contribution >= 4 is 61.8 Å². The lowest BCUT2D eigenvalue weighted by molar-refractivity contribution is 0.103. The largest absolute Gasteiger partial charge is 0.320 e. The molecule has 2 aromatic carbocycles. The van der Waals surface area contributed by atoms with E-state index in [2.05, 4.69) is 10.0 Å². The highest BCUT2D eigenvalue weighted by molar-refractivity contribution is 7.92. The molecule has 1 heterocycles. The highest BCUT2D eigenvalue weighted by atomic mass is 35.5. The predicted molar refractivity (Wildman–Crippen MR) is 106 cm³/mol. The summed E-state index contributed by atoms with van der Waals surface area (Å²) in [6.45, 7) is 0.